The van der Waals surface area contributed by atoms with Crippen molar-refractivity contribution >= 4 is 11.9 Å². The van der Waals surface area contributed by atoms with E-state index in [2.05, 4.69) is 5.32 Å². The normalized spacial score (nSPS) is 15.0. The topological polar surface area (TPSA) is 64.6 Å². The first-order chi connectivity index (χ1) is 10.6. The van der Waals surface area contributed by atoms with Crippen molar-refractivity contribution in [2.24, 2.45) is 5.92 Å². The Morgan fingerprint density at radius 2 is 1.95 bits per heavy atom. The number of hydrogen-bond donors (Lipinski definition) is 1. The highest BCUT2D eigenvalue weighted by molar-refractivity contribution is 5.80. The van der Waals surface area contributed by atoms with Crippen LogP contribution in [-0.4, -0.2) is 31.6 Å². The third-order valence-corrected chi connectivity index (χ3v) is 3.86. The van der Waals surface area contributed by atoms with Gasteiger partial charge in [-0.05, 0) is 49.8 Å². The van der Waals surface area contributed by atoms with Crippen LogP contribution < -0.4 is 10.1 Å². The van der Waals surface area contributed by atoms with Crippen LogP contribution in [-0.2, 0) is 20.7 Å². The number of esters is 1. The molecule has 1 fully saturated rings. The first kappa shape index (κ1) is 16.3. The van der Waals surface area contributed by atoms with Crippen molar-refractivity contribution in [1.29, 1.82) is 0 Å². The maximum absolute atomic E-state index is 11.6. The van der Waals surface area contributed by atoms with E-state index in [0.717, 1.165) is 11.3 Å². The highest BCUT2D eigenvalue weighted by atomic mass is 16.5. The summed E-state index contributed by atoms with van der Waals surface area (Å²) < 4.78 is 10.1. The molecule has 1 aromatic carbocycles. The number of rotatable bonds is 8. The summed E-state index contributed by atoms with van der Waals surface area (Å²) in [6, 6.07) is 7.71. The van der Waals surface area contributed by atoms with Gasteiger partial charge in [0.2, 0.25) is 0 Å². The van der Waals surface area contributed by atoms with E-state index in [4.69, 9.17) is 9.47 Å². The van der Waals surface area contributed by atoms with Gasteiger partial charge in [-0.15, -0.1) is 0 Å². The molecular formula is C17H23NO4. The largest absolute Gasteiger partial charge is 0.497 e. The predicted molar refractivity (Wildman–Crippen MR) is 82.6 cm³/mol. The van der Waals surface area contributed by atoms with E-state index >= 15 is 0 Å². The molecule has 0 bridgehead atoms. The zero-order valence-corrected chi connectivity index (χ0v) is 13.1. The Morgan fingerprint density at radius 1 is 1.27 bits per heavy atom. The van der Waals surface area contributed by atoms with E-state index < -0.39 is 0 Å². The van der Waals surface area contributed by atoms with Crippen LogP contribution in [0.3, 0.4) is 0 Å². The van der Waals surface area contributed by atoms with Crippen molar-refractivity contribution in [3.05, 3.63) is 29.8 Å². The van der Waals surface area contributed by atoms with Gasteiger partial charge in [-0.3, -0.25) is 9.59 Å². The highest BCUT2D eigenvalue weighted by Gasteiger charge is 2.28. The summed E-state index contributed by atoms with van der Waals surface area (Å²) in [5, 5.41) is 2.85. The molecule has 0 spiro atoms. The summed E-state index contributed by atoms with van der Waals surface area (Å²) in [4.78, 5) is 23.3. The number of hydrogen-bond acceptors (Lipinski definition) is 4. The molecule has 1 aliphatic rings. The van der Waals surface area contributed by atoms with Gasteiger partial charge in [-0.2, -0.15) is 0 Å². The fourth-order valence-electron chi connectivity index (χ4n) is 2.27. The number of carbonyl (C=O) groups is 2. The van der Waals surface area contributed by atoms with Gasteiger partial charge in [-0.1, -0.05) is 12.1 Å². The van der Waals surface area contributed by atoms with Crippen molar-refractivity contribution in [2.45, 2.75) is 38.6 Å². The monoisotopic (exact) mass is 305 g/mol. The van der Waals surface area contributed by atoms with Crippen LogP contribution >= 0.6 is 0 Å². The molecule has 1 amide bonds. The molecule has 1 atom stereocenters. The number of ether oxygens (including phenoxy) is 2. The lowest BCUT2D eigenvalue weighted by Crippen LogP contribution is -2.37. The van der Waals surface area contributed by atoms with Crippen LogP contribution in [0.25, 0.3) is 0 Å². The molecule has 0 unspecified atom stereocenters. The van der Waals surface area contributed by atoms with Gasteiger partial charge in [0.15, 0.2) is 6.61 Å². The first-order valence-electron chi connectivity index (χ1n) is 7.66. The number of nitrogens with one attached hydrogen (secondary N) is 1. The summed E-state index contributed by atoms with van der Waals surface area (Å²) in [5.41, 5.74) is 1.03. The predicted octanol–water partition coefficient (Wildman–Crippen LogP) is 2.09. The second-order valence-corrected chi connectivity index (χ2v) is 5.70. The summed E-state index contributed by atoms with van der Waals surface area (Å²) >= 11 is 0. The second kappa shape index (κ2) is 7.82. The van der Waals surface area contributed by atoms with Gasteiger partial charge in [0.05, 0.1) is 7.11 Å². The third kappa shape index (κ3) is 5.39. The minimum atomic E-state index is -0.356. The Hall–Kier alpha value is -2.04. The Kier molecular flexibility index (Phi) is 5.81. The Labute approximate surface area is 131 Å². The van der Waals surface area contributed by atoms with Gasteiger partial charge in [0.25, 0.3) is 5.91 Å². The first-order valence-corrected chi connectivity index (χ1v) is 7.66. The van der Waals surface area contributed by atoms with E-state index in [9.17, 15) is 9.59 Å². The smallest absolute Gasteiger partial charge is 0.306 e. The van der Waals surface area contributed by atoms with Crippen molar-refractivity contribution < 1.29 is 19.1 Å². The van der Waals surface area contributed by atoms with E-state index in [0.29, 0.717) is 12.3 Å². The van der Waals surface area contributed by atoms with E-state index in [1.54, 1.807) is 7.11 Å². The number of methoxy groups -OCH3 is 1. The average molecular weight is 305 g/mol. The fourth-order valence-corrected chi connectivity index (χ4v) is 2.27. The summed E-state index contributed by atoms with van der Waals surface area (Å²) in [7, 11) is 1.61. The molecule has 1 saturated carbocycles. The second-order valence-electron chi connectivity index (χ2n) is 5.70. The molecule has 120 valence electrons. The maximum Gasteiger partial charge on any atom is 0.306 e. The van der Waals surface area contributed by atoms with Crippen molar-refractivity contribution in [3.63, 3.8) is 0 Å². The van der Waals surface area contributed by atoms with Crippen molar-refractivity contribution in [2.75, 3.05) is 13.7 Å². The summed E-state index contributed by atoms with van der Waals surface area (Å²) in [6.07, 6.45) is 3.19. The van der Waals surface area contributed by atoms with Crippen molar-refractivity contribution in [3.8, 4) is 5.75 Å². The molecule has 0 saturated heterocycles. The summed E-state index contributed by atoms with van der Waals surface area (Å²) in [6.45, 7) is 1.79. The van der Waals surface area contributed by atoms with Crippen LogP contribution in [0.2, 0.25) is 0 Å². The number of carbonyl (C=O) groups excluding carboxylic acids is 2. The van der Waals surface area contributed by atoms with Gasteiger partial charge in [-0.25, -0.2) is 0 Å². The molecule has 22 heavy (non-hydrogen) atoms. The Bertz CT molecular complexity index is 508. The van der Waals surface area contributed by atoms with E-state index in [1.165, 1.54) is 12.8 Å². The molecule has 1 aromatic rings. The van der Waals surface area contributed by atoms with Crippen LogP contribution in [0.1, 0.15) is 31.7 Å². The van der Waals surface area contributed by atoms with E-state index in [1.807, 2.05) is 31.2 Å². The molecular weight excluding hydrogens is 282 g/mol. The lowest BCUT2D eigenvalue weighted by atomic mass is 10.1. The van der Waals surface area contributed by atoms with Crippen LogP contribution in [0, 0.1) is 5.92 Å². The summed E-state index contributed by atoms with van der Waals surface area (Å²) in [5.74, 6) is 0.796. The number of aryl methyl sites for hydroxylation is 1. The number of amides is 1. The molecule has 5 heteroatoms. The van der Waals surface area contributed by atoms with Crippen LogP contribution in [0.4, 0.5) is 0 Å². The quantitative estimate of drug-likeness (QED) is 0.747. The lowest BCUT2D eigenvalue weighted by molar-refractivity contribution is -0.148. The van der Waals surface area contributed by atoms with Gasteiger partial charge >= 0.3 is 5.97 Å². The lowest BCUT2D eigenvalue weighted by Gasteiger charge is -2.12. The standard InChI is InChI=1S/C17H23NO4/c1-12(14-6-7-14)18-16(19)11-22-17(20)10-5-13-3-8-15(21-2)9-4-13/h3-4,8-9,12,14H,5-7,10-11H2,1-2H3,(H,18,19)/t12-/m0/s1. The third-order valence-electron chi connectivity index (χ3n) is 3.86. The molecule has 5 nitrogen and oxygen atoms in total. The molecule has 1 aliphatic carbocycles. The molecule has 1 N–H and O–H groups in total. The van der Waals surface area contributed by atoms with Crippen molar-refractivity contribution in [1.82, 2.24) is 5.32 Å². The molecule has 0 aliphatic heterocycles. The average Bonchev–Trinajstić information content (AvgIpc) is 3.36. The number of benzene rings is 1. The maximum atomic E-state index is 11.6. The molecule has 0 radical (unpaired) electrons. The Morgan fingerprint density at radius 3 is 2.55 bits per heavy atom. The minimum absolute atomic E-state index is 0.172. The molecule has 0 heterocycles. The van der Waals surface area contributed by atoms with Crippen LogP contribution in [0.5, 0.6) is 5.75 Å². The van der Waals surface area contributed by atoms with Gasteiger partial charge < -0.3 is 14.8 Å². The minimum Gasteiger partial charge on any atom is -0.497 e. The van der Waals surface area contributed by atoms with Gasteiger partial charge in [0, 0.05) is 12.5 Å². The van der Waals surface area contributed by atoms with Crippen LogP contribution in [0.15, 0.2) is 24.3 Å². The molecule has 0 aromatic heterocycles. The van der Waals surface area contributed by atoms with Gasteiger partial charge in [0.1, 0.15) is 5.75 Å². The SMILES string of the molecule is COc1ccc(CCC(=O)OCC(=O)N[C@@H](C)C2CC2)cc1. The zero-order valence-electron chi connectivity index (χ0n) is 13.1. The molecule has 2 rings (SSSR count). The zero-order chi connectivity index (χ0) is 15.9. The Balaban J connectivity index is 1.63. The highest BCUT2D eigenvalue weighted by Crippen LogP contribution is 2.32. The van der Waals surface area contributed by atoms with E-state index in [-0.39, 0.29) is 30.9 Å². The fraction of sp³-hybridized carbons (Fsp3) is 0.529.